The molecule has 3 N–H and O–H groups in total. The Hall–Kier alpha value is -3.72. The van der Waals surface area contributed by atoms with Gasteiger partial charge in [0.1, 0.15) is 0 Å². The summed E-state index contributed by atoms with van der Waals surface area (Å²) in [6, 6.07) is 13.4. The summed E-state index contributed by atoms with van der Waals surface area (Å²) in [6.07, 6.45) is 0. The van der Waals surface area contributed by atoms with Crippen LogP contribution in [0, 0.1) is 0 Å². The van der Waals surface area contributed by atoms with E-state index in [4.69, 9.17) is 33.9 Å². The largest absolute Gasteiger partial charge is 0.345 e. The quantitative estimate of drug-likeness (QED) is 0.323. The van der Waals surface area contributed by atoms with Gasteiger partial charge in [0.25, 0.3) is 5.56 Å². The molecule has 210 valence electrons. The maximum Gasteiger partial charge on any atom is 0.332 e. The zero-order valence-electron chi connectivity index (χ0n) is 21.7. The number of imidazole rings is 1. The third kappa shape index (κ3) is 5.35. The summed E-state index contributed by atoms with van der Waals surface area (Å²) in [6.45, 7) is 2.63. The molecule has 0 radical (unpaired) electrons. The lowest BCUT2D eigenvalue weighted by molar-refractivity contribution is 0.386. The smallest absolute Gasteiger partial charge is 0.332 e. The Morgan fingerprint density at radius 1 is 1.00 bits per heavy atom. The summed E-state index contributed by atoms with van der Waals surface area (Å²) < 4.78 is 27.3. The topological polar surface area (TPSA) is 140 Å². The Balaban J connectivity index is 1.39. The van der Waals surface area contributed by atoms with Gasteiger partial charge in [-0.05, 0) is 54.2 Å². The number of nitrogens with one attached hydrogen (secondary N) is 1. The van der Waals surface area contributed by atoms with Crippen LogP contribution in [0.2, 0.25) is 5.02 Å². The Labute approximate surface area is 240 Å². The van der Waals surface area contributed by atoms with Gasteiger partial charge in [0, 0.05) is 51.0 Å². The fourth-order valence-corrected chi connectivity index (χ4v) is 5.58. The number of anilines is 2. The maximum atomic E-state index is 13.2. The van der Waals surface area contributed by atoms with Crippen molar-refractivity contribution < 1.29 is 8.42 Å². The van der Waals surface area contributed by atoms with Crippen LogP contribution >= 0.6 is 23.8 Å². The molecule has 0 aliphatic carbocycles. The average molecular weight is 603 g/mol. The summed E-state index contributed by atoms with van der Waals surface area (Å²) in [5, 5.41) is 9.40. The molecule has 0 amide bonds. The molecule has 0 spiro atoms. The summed E-state index contributed by atoms with van der Waals surface area (Å²) in [4.78, 5) is 34.7. The standard InChI is InChI=1S/C25H27ClN8O4S2/c1-30-21-20(22(35)31(2)25(30)36)34(15-16-3-5-17(26)6-4-16)23(29-21)32-11-13-33(14-12-32)24(39)28-18-7-9-19(10-8-18)40(27,37)38/h3-10H,11-15H2,1-2H3,(H,28,39)(H2,27,37,38). The predicted molar refractivity (Wildman–Crippen MR) is 159 cm³/mol. The van der Waals surface area contributed by atoms with Crippen LogP contribution in [0.1, 0.15) is 5.56 Å². The molecular weight excluding hydrogens is 576 g/mol. The number of aromatic nitrogens is 4. The monoisotopic (exact) mass is 602 g/mol. The predicted octanol–water partition coefficient (Wildman–Crippen LogP) is 1.30. The van der Waals surface area contributed by atoms with Crippen molar-refractivity contribution in [2.45, 2.75) is 11.4 Å². The molecule has 12 nitrogen and oxygen atoms in total. The highest BCUT2D eigenvalue weighted by Gasteiger charge is 2.26. The second-order valence-electron chi connectivity index (χ2n) is 9.48. The number of benzene rings is 2. The average Bonchev–Trinajstić information content (AvgIpc) is 3.31. The molecule has 15 heteroatoms. The van der Waals surface area contributed by atoms with Crippen LogP contribution in [0.15, 0.2) is 63.0 Å². The third-order valence-electron chi connectivity index (χ3n) is 6.87. The van der Waals surface area contributed by atoms with Gasteiger partial charge in [0.05, 0.1) is 11.4 Å². The summed E-state index contributed by atoms with van der Waals surface area (Å²) in [5.74, 6) is 0.584. The van der Waals surface area contributed by atoms with E-state index in [0.717, 1.165) is 10.1 Å². The van der Waals surface area contributed by atoms with Gasteiger partial charge in [-0.3, -0.25) is 18.5 Å². The number of hydrogen-bond donors (Lipinski definition) is 2. The van der Waals surface area contributed by atoms with Crippen molar-refractivity contribution >= 4 is 61.8 Å². The van der Waals surface area contributed by atoms with Crippen LogP contribution in [0.3, 0.4) is 0 Å². The fourth-order valence-electron chi connectivity index (χ4n) is 4.64. The number of rotatable bonds is 5. The van der Waals surface area contributed by atoms with Gasteiger partial charge in [-0.2, -0.15) is 4.98 Å². The molecule has 2 aromatic carbocycles. The van der Waals surface area contributed by atoms with Gasteiger partial charge < -0.3 is 15.1 Å². The van der Waals surface area contributed by atoms with E-state index in [9.17, 15) is 18.0 Å². The number of thiocarbonyl (C=S) groups is 1. The van der Waals surface area contributed by atoms with Crippen LogP contribution in [-0.4, -0.2) is 63.3 Å². The highest BCUT2D eigenvalue weighted by Crippen LogP contribution is 2.24. The highest BCUT2D eigenvalue weighted by molar-refractivity contribution is 7.89. The van der Waals surface area contributed by atoms with Gasteiger partial charge in [-0.1, -0.05) is 23.7 Å². The van der Waals surface area contributed by atoms with E-state index in [0.29, 0.717) is 65.7 Å². The van der Waals surface area contributed by atoms with Crippen LogP contribution in [0.4, 0.5) is 11.6 Å². The summed E-state index contributed by atoms with van der Waals surface area (Å²) >= 11 is 11.7. The number of aryl methyl sites for hydroxylation is 1. The van der Waals surface area contributed by atoms with Crippen molar-refractivity contribution in [3.8, 4) is 0 Å². The first-order valence-corrected chi connectivity index (χ1v) is 14.6. The Kier molecular flexibility index (Phi) is 7.44. The number of nitrogens with two attached hydrogens (primary N) is 1. The van der Waals surface area contributed by atoms with Crippen LogP contribution < -0.4 is 26.6 Å². The van der Waals surface area contributed by atoms with E-state index in [1.54, 1.807) is 31.3 Å². The van der Waals surface area contributed by atoms with E-state index in [2.05, 4.69) is 10.2 Å². The number of halogens is 1. The van der Waals surface area contributed by atoms with Crippen LogP contribution in [0.25, 0.3) is 11.2 Å². The Bertz CT molecular complexity index is 1820. The second-order valence-corrected chi connectivity index (χ2v) is 11.9. The van der Waals surface area contributed by atoms with Crippen molar-refractivity contribution in [1.82, 2.24) is 23.6 Å². The van der Waals surface area contributed by atoms with Crippen molar-refractivity contribution in [3.05, 3.63) is 80.0 Å². The summed E-state index contributed by atoms with van der Waals surface area (Å²) in [7, 11) is -0.718. The molecule has 0 bridgehead atoms. The second kappa shape index (κ2) is 10.7. The van der Waals surface area contributed by atoms with Crippen molar-refractivity contribution in [2.75, 3.05) is 36.4 Å². The van der Waals surface area contributed by atoms with Gasteiger partial charge in [0.15, 0.2) is 16.3 Å². The molecule has 1 aliphatic heterocycles. The number of sulfonamides is 1. The normalized spacial score (nSPS) is 14.1. The molecule has 3 heterocycles. The molecule has 4 aromatic rings. The Morgan fingerprint density at radius 2 is 1.62 bits per heavy atom. The van der Waals surface area contributed by atoms with Crippen LogP contribution in [-0.2, 0) is 30.7 Å². The zero-order chi connectivity index (χ0) is 28.8. The fraction of sp³-hybridized carbons (Fsp3) is 0.280. The lowest BCUT2D eigenvalue weighted by atomic mass is 10.2. The molecule has 0 saturated carbocycles. The number of piperazine rings is 1. The minimum atomic E-state index is -3.78. The molecule has 1 aliphatic rings. The van der Waals surface area contributed by atoms with E-state index < -0.39 is 21.3 Å². The molecule has 0 atom stereocenters. The van der Waals surface area contributed by atoms with E-state index >= 15 is 0 Å². The molecular formula is C25H27ClN8O4S2. The first-order valence-electron chi connectivity index (χ1n) is 12.3. The van der Waals surface area contributed by atoms with E-state index in [1.165, 1.54) is 23.7 Å². The SMILES string of the molecule is Cn1c(=O)c2c(nc(N3CCN(C(=S)Nc4ccc(S(N)(=O)=O)cc4)CC3)n2Cc2ccc(Cl)cc2)n(C)c1=O. The van der Waals surface area contributed by atoms with Gasteiger partial charge in [0.2, 0.25) is 16.0 Å². The van der Waals surface area contributed by atoms with Crippen LogP contribution in [0.5, 0.6) is 0 Å². The molecule has 5 rings (SSSR count). The highest BCUT2D eigenvalue weighted by atomic mass is 35.5. The molecule has 1 saturated heterocycles. The molecule has 1 fully saturated rings. The molecule has 40 heavy (non-hydrogen) atoms. The molecule has 2 aromatic heterocycles. The minimum Gasteiger partial charge on any atom is -0.345 e. The van der Waals surface area contributed by atoms with Crippen molar-refractivity contribution in [3.63, 3.8) is 0 Å². The van der Waals surface area contributed by atoms with Crippen molar-refractivity contribution in [2.24, 2.45) is 19.2 Å². The van der Waals surface area contributed by atoms with E-state index in [-0.39, 0.29) is 4.90 Å². The first kappa shape index (κ1) is 27.8. The first-order chi connectivity index (χ1) is 18.9. The zero-order valence-corrected chi connectivity index (χ0v) is 24.1. The molecule has 0 unspecified atom stereocenters. The lowest BCUT2D eigenvalue weighted by Gasteiger charge is -2.36. The lowest BCUT2D eigenvalue weighted by Crippen LogP contribution is -2.50. The van der Waals surface area contributed by atoms with Crippen molar-refractivity contribution in [1.29, 1.82) is 0 Å². The van der Waals surface area contributed by atoms with Gasteiger partial charge in [-0.15, -0.1) is 0 Å². The number of nitrogens with zero attached hydrogens (tertiary/aromatic N) is 6. The third-order valence-corrected chi connectivity index (χ3v) is 8.41. The minimum absolute atomic E-state index is 0.0198. The van der Waals surface area contributed by atoms with Gasteiger partial charge in [-0.25, -0.2) is 18.4 Å². The number of primary sulfonamides is 1. The maximum absolute atomic E-state index is 13.2. The van der Waals surface area contributed by atoms with E-state index in [1.807, 2.05) is 21.6 Å². The van der Waals surface area contributed by atoms with Gasteiger partial charge >= 0.3 is 5.69 Å². The number of hydrogen-bond acceptors (Lipinski definition) is 7. The summed E-state index contributed by atoms with van der Waals surface area (Å²) in [5.41, 5.74) is 1.37. The Morgan fingerprint density at radius 3 is 2.23 bits per heavy atom. The number of fused-ring (bicyclic) bond motifs is 1.